The number of hydrogen-bond donors (Lipinski definition) is 1. The van der Waals surface area contributed by atoms with Gasteiger partial charge in [-0.05, 0) is 0 Å². The molecule has 2 rings (SSSR count). The first-order valence-electron chi connectivity index (χ1n) is 7.00. The first kappa shape index (κ1) is 14.9. The zero-order valence-corrected chi connectivity index (χ0v) is 13.0. The highest BCUT2D eigenvalue weighted by Crippen LogP contribution is 2.27. The van der Waals surface area contributed by atoms with E-state index in [1.54, 1.807) is 0 Å². The number of aliphatic hydroxyl groups excluding tert-OH is 1. The lowest BCUT2D eigenvalue weighted by atomic mass is 9.98. The second kappa shape index (κ2) is 6.31. The molecule has 4 nitrogen and oxygen atoms in total. The molecule has 1 fully saturated rings. The first-order valence-corrected chi connectivity index (χ1v) is 7.81. The Kier molecular flexibility index (Phi) is 4.95. The van der Waals surface area contributed by atoms with E-state index in [4.69, 9.17) is 5.11 Å². The fourth-order valence-electron chi connectivity index (χ4n) is 2.26. The third-order valence-electron chi connectivity index (χ3n) is 3.46. The molecule has 1 saturated heterocycles. The van der Waals surface area contributed by atoms with Gasteiger partial charge in [0.1, 0.15) is 0 Å². The minimum atomic E-state index is 0.155. The van der Waals surface area contributed by atoms with Crippen LogP contribution in [0.2, 0.25) is 0 Å². The SMILES string of the molecule is CC(C)(C)c1ncc(CN2CCN(CCO)CC2)s1. The van der Waals surface area contributed by atoms with Gasteiger partial charge in [0, 0.05) is 55.8 Å². The topological polar surface area (TPSA) is 39.6 Å². The molecule has 0 saturated carbocycles. The summed E-state index contributed by atoms with van der Waals surface area (Å²) >= 11 is 1.84. The summed E-state index contributed by atoms with van der Waals surface area (Å²) < 4.78 is 0. The van der Waals surface area contributed by atoms with Gasteiger partial charge in [0.2, 0.25) is 0 Å². The van der Waals surface area contributed by atoms with E-state index in [1.807, 2.05) is 17.5 Å². The molecule has 1 aliphatic rings. The van der Waals surface area contributed by atoms with E-state index in [9.17, 15) is 0 Å². The molecule has 1 aromatic heterocycles. The fraction of sp³-hybridized carbons (Fsp3) is 0.786. The maximum atomic E-state index is 8.94. The molecule has 1 N–H and O–H groups in total. The van der Waals surface area contributed by atoms with Gasteiger partial charge in [-0.15, -0.1) is 11.3 Å². The molecule has 1 aromatic rings. The van der Waals surface area contributed by atoms with Gasteiger partial charge in [0.15, 0.2) is 0 Å². The summed E-state index contributed by atoms with van der Waals surface area (Å²) in [6.45, 7) is 13.0. The quantitative estimate of drug-likeness (QED) is 0.910. The highest BCUT2D eigenvalue weighted by atomic mass is 32.1. The Bertz CT molecular complexity index is 392. The van der Waals surface area contributed by atoms with Crippen LogP contribution in [0.25, 0.3) is 0 Å². The van der Waals surface area contributed by atoms with Gasteiger partial charge >= 0.3 is 0 Å². The Morgan fingerprint density at radius 1 is 1.21 bits per heavy atom. The van der Waals surface area contributed by atoms with Gasteiger partial charge in [-0.1, -0.05) is 20.8 Å². The second-order valence-electron chi connectivity index (χ2n) is 6.22. The molecule has 0 bridgehead atoms. The van der Waals surface area contributed by atoms with E-state index in [0.29, 0.717) is 0 Å². The number of aromatic nitrogens is 1. The zero-order chi connectivity index (χ0) is 13.9. The molecule has 5 heteroatoms. The average molecular weight is 283 g/mol. The van der Waals surface area contributed by atoms with Crippen molar-refractivity contribution in [2.24, 2.45) is 0 Å². The fourth-order valence-corrected chi connectivity index (χ4v) is 3.27. The van der Waals surface area contributed by atoms with Gasteiger partial charge in [0.25, 0.3) is 0 Å². The Morgan fingerprint density at radius 2 is 1.84 bits per heavy atom. The van der Waals surface area contributed by atoms with Crippen molar-refractivity contribution in [3.63, 3.8) is 0 Å². The Balaban J connectivity index is 1.84. The predicted molar refractivity (Wildman–Crippen MR) is 79.6 cm³/mol. The van der Waals surface area contributed by atoms with Crippen LogP contribution in [0.15, 0.2) is 6.20 Å². The number of rotatable bonds is 4. The predicted octanol–water partition coefficient (Wildman–Crippen LogP) is 1.55. The summed E-state index contributed by atoms with van der Waals surface area (Å²) in [7, 11) is 0. The first-order chi connectivity index (χ1) is 8.99. The third kappa shape index (κ3) is 4.24. The van der Waals surface area contributed by atoms with Crippen molar-refractivity contribution in [2.75, 3.05) is 39.3 Å². The molecular weight excluding hydrogens is 258 g/mol. The normalized spacial score (nSPS) is 18.9. The van der Waals surface area contributed by atoms with Crippen molar-refractivity contribution < 1.29 is 5.11 Å². The average Bonchev–Trinajstić information content (AvgIpc) is 2.80. The Morgan fingerprint density at radius 3 is 2.37 bits per heavy atom. The van der Waals surface area contributed by atoms with Crippen molar-refractivity contribution in [2.45, 2.75) is 32.7 Å². The lowest BCUT2D eigenvalue weighted by Gasteiger charge is -2.33. The van der Waals surface area contributed by atoms with E-state index in [0.717, 1.165) is 39.3 Å². The minimum Gasteiger partial charge on any atom is -0.395 e. The zero-order valence-electron chi connectivity index (χ0n) is 12.2. The van der Waals surface area contributed by atoms with Crippen molar-refractivity contribution in [1.29, 1.82) is 0 Å². The molecule has 2 heterocycles. The summed E-state index contributed by atoms with van der Waals surface area (Å²) in [5.41, 5.74) is 0.155. The third-order valence-corrected chi connectivity index (χ3v) is 4.86. The number of β-amino-alcohol motifs (C(OH)–C–C–N with tert-alkyl or cyclic N) is 1. The standard InChI is InChI=1S/C14H25N3OS/c1-14(2,3)13-15-10-12(19-13)11-17-6-4-16(5-7-17)8-9-18/h10,18H,4-9,11H2,1-3H3. The van der Waals surface area contributed by atoms with Gasteiger partial charge in [0.05, 0.1) is 11.6 Å². The van der Waals surface area contributed by atoms with Gasteiger partial charge in [-0.3, -0.25) is 9.80 Å². The van der Waals surface area contributed by atoms with Gasteiger partial charge in [-0.2, -0.15) is 0 Å². The van der Waals surface area contributed by atoms with Crippen molar-refractivity contribution >= 4 is 11.3 Å². The smallest absolute Gasteiger partial charge is 0.0981 e. The van der Waals surface area contributed by atoms with Crippen LogP contribution >= 0.6 is 11.3 Å². The molecule has 0 unspecified atom stereocenters. The molecule has 0 spiro atoms. The van der Waals surface area contributed by atoms with E-state index >= 15 is 0 Å². The van der Waals surface area contributed by atoms with E-state index in [2.05, 4.69) is 35.6 Å². The molecule has 1 aliphatic heterocycles. The molecule has 0 aliphatic carbocycles. The van der Waals surface area contributed by atoms with Crippen molar-refractivity contribution in [3.8, 4) is 0 Å². The van der Waals surface area contributed by atoms with Crippen molar-refractivity contribution in [3.05, 3.63) is 16.1 Å². The summed E-state index contributed by atoms with van der Waals surface area (Å²) in [6.07, 6.45) is 2.03. The van der Waals surface area contributed by atoms with E-state index in [1.165, 1.54) is 9.88 Å². The number of hydrogen-bond acceptors (Lipinski definition) is 5. The molecule has 0 amide bonds. The number of piperazine rings is 1. The summed E-state index contributed by atoms with van der Waals surface area (Å²) in [5, 5.41) is 10.2. The monoisotopic (exact) mass is 283 g/mol. The molecule has 0 atom stereocenters. The number of aliphatic hydroxyl groups is 1. The highest BCUT2D eigenvalue weighted by molar-refractivity contribution is 7.11. The molecule has 19 heavy (non-hydrogen) atoms. The van der Waals surface area contributed by atoms with Gasteiger partial charge < -0.3 is 5.11 Å². The van der Waals surface area contributed by atoms with E-state index in [-0.39, 0.29) is 12.0 Å². The lowest BCUT2D eigenvalue weighted by Crippen LogP contribution is -2.46. The van der Waals surface area contributed by atoms with Crippen LogP contribution in [0.3, 0.4) is 0 Å². The van der Waals surface area contributed by atoms with Crippen LogP contribution in [0.1, 0.15) is 30.7 Å². The van der Waals surface area contributed by atoms with Crippen LogP contribution in [0.4, 0.5) is 0 Å². The summed E-state index contributed by atoms with van der Waals surface area (Å²) in [5.74, 6) is 0. The van der Waals surface area contributed by atoms with Crippen LogP contribution in [-0.4, -0.2) is 59.2 Å². The van der Waals surface area contributed by atoms with Crippen molar-refractivity contribution in [1.82, 2.24) is 14.8 Å². The van der Waals surface area contributed by atoms with E-state index < -0.39 is 0 Å². The largest absolute Gasteiger partial charge is 0.395 e. The highest BCUT2D eigenvalue weighted by Gasteiger charge is 2.20. The van der Waals surface area contributed by atoms with Crippen LogP contribution in [0.5, 0.6) is 0 Å². The molecular formula is C14H25N3OS. The minimum absolute atomic E-state index is 0.155. The Hall–Kier alpha value is -0.490. The van der Waals surface area contributed by atoms with Crippen LogP contribution in [0, 0.1) is 0 Å². The molecule has 108 valence electrons. The van der Waals surface area contributed by atoms with Crippen LogP contribution in [-0.2, 0) is 12.0 Å². The number of nitrogens with zero attached hydrogens (tertiary/aromatic N) is 3. The maximum Gasteiger partial charge on any atom is 0.0981 e. The number of thiazole rings is 1. The summed E-state index contributed by atoms with van der Waals surface area (Å²) in [4.78, 5) is 10.7. The van der Waals surface area contributed by atoms with Crippen LogP contribution < -0.4 is 0 Å². The maximum absolute atomic E-state index is 8.94. The van der Waals surface area contributed by atoms with Gasteiger partial charge in [-0.25, -0.2) is 4.98 Å². The second-order valence-corrected chi connectivity index (χ2v) is 7.34. The lowest BCUT2D eigenvalue weighted by molar-refractivity contribution is 0.109. The molecule has 0 radical (unpaired) electrons. The summed E-state index contributed by atoms with van der Waals surface area (Å²) in [6, 6.07) is 0. The Labute approximate surface area is 120 Å². The molecule has 0 aromatic carbocycles.